The van der Waals surface area contributed by atoms with E-state index in [0.29, 0.717) is 6.42 Å². The van der Waals surface area contributed by atoms with E-state index in [9.17, 15) is 4.79 Å². The van der Waals surface area contributed by atoms with Crippen molar-refractivity contribution in [3.05, 3.63) is 54.0 Å². The van der Waals surface area contributed by atoms with Crippen molar-refractivity contribution < 1.29 is 9.21 Å². The van der Waals surface area contributed by atoms with E-state index < -0.39 is 0 Å². The molecule has 1 N–H and O–H groups in total. The minimum Gasteiger partial charge on any atom is -0.463 e. The van der Waals surface area contributed by atoms with Gasteiger partial charge in [0.1, 0.15) is 10.9 Å². The molecular formula is C20H20N4O2S. The number of hydrogen-bond donors (Lipinski definition) is 1. The zero-order chi connectivity index (χ0) is 19.0. The van der Waals surface area contributed by atoms with Gasteiger partial charge in [0, 0.05) is 17.8 Å². The summed E-state index contributed by atoms with van der Waals surface area (Å²) >= 11 is 1.43. The van der Waals surface area contributed by atoms with Gasteiger partial charge in [-0.1, -0.05) is 36.9 Å². The van der Waals surface area contributed by atoms with Gasteiger partial charge in [0.05, 0.1) is 22.5 Å². The first kappa shape index (κ1) is 17.6. The van der Waals surface area contributed by atoms with Crippen LogP contribution in [-0.4, -0.2) is 25.8 Å². The number of hydrogen-bond acceptors (Lipinski definition) is 5. The van der Waals surface area contributed by atoms with Crippen LogP contribution in [-0.2, 0) is 4.79 Å². The summed E-state index contributed by atoms with van der Waals surface area (Å²) in [6.07, 6.45) is 2.34. The molecule has 0 aliphatic carbocycles. The molecule has 0 saturated heterocycles. The second kappa shape index (κ2) is 7.08. The van der Waals surface area contributed by atoms with Gasteiger partial charge in [-0.2, -0.15) is 0 Å². The minimum absolute atomic E-state index is 0.0347. The standard InChI is InChI=1S/C20H20N4O2S/c1-4-18(19(25)21-14-8-6-5-7-12(14)2)27-20-16-11-17-15(9-10-26-17)24(16)13(3)22-23-20/h5-11,18H,4H2,1-3H3,(H,21,25). The van der Waals surface area contributed by atoms with E-state index in [2.05, 4.69) is 15.5 Å². The number of carbonyl (C=O) groups excluding carboxylic acids is 1. The van der Waals surface area contributed by atoms with Crippen molar-refractivity contribution in [3.63, 3.8) is 0 Å². The SMILES string of the molecule is CCC(Sc1nnc(C)n2c1cc1occc12)C(=O)Nc1ccccc1C. The van der Waals surface area contributed by atoms with Crippen LogP contribution in [0, 0.1) is 13.8 Å². The number of aryl methyl sites for hydroxylation is 2. The molecule has 0 spiro atoms. The molecule has 0 radical (unpaired) electrons. The third-order valence-corrected chi connectivity index (χ3v) is 5.92. The van der Waals surface area contributed by atoms with E-state index in [-0.39, 0.29) is 11.2 Å². The highest BCUT2D eigenvalue weighted by Crippen LogP contribution is 2.32. The number of amides is 1. The van der Waals surface area contributed by atoms with Crippen molar-refractivity contribution in [1.29, 1.82) is 0 Å². The quantitative estimate of drug-likeness (QED) is 0.512. The number of furan rings is 1. The molecule has 3 aromatic heterocycles. The van der Waals surface area contributed by atoms with E-state index in [0.717, 1.165) is 38.7 Å². The highest BCUT2D eigenvalue weighted by molar-refractivity contribution is 8.00. The molecule has 6 nitrogen and oxygen atoms in total. The van der Waals surface area contributed by atoms with E-state index in [1.807, 2.05) is 61.6 Å². The van der Waals surface area contributed by atoms with Crippen LogP contribution in [0.5, 0.6) is 0 Å². The van der Waals surface area contributed by atoms with Crippen molar-refractivity contribution in [2.24, 2.45) is 0 Å². The molecule has 27 heavy (non-hydrogen) atoms. The van der Waals surface area contributed by atoms with Crippen LogP contribution < -0.4 is 5.32 Å². The summed E-state index contributed by atoms with van der Waals surface area (Å²) in [5.41, 5.74) is 4.52. The summed E-state index contributed by atoms with van der Waals surface area (Å²) in [7, 11) is 0. The van der Waals surface area contributed by atoms with Crippen molar-refractivity contribution >= 4 is 40.0 Å². The Morgan fingerprint density at radius 2 is 2.04 bits per heavy atom. The maximum absolute atomic E-state index is 12.8. The zero-order valence-corrected chi connectivity index (χ0v) is 16.2. The molecule has 3 heterocycles. The van der Waals surface area contributed by atoms with Gasteiger partial charge in [0.2, 0.25) is 5.91 Å². The molecule has 7 heteroatoms. The molecule has 0 bridgehead atoms. The van der Waals surface area contributed by atoms with E-state index in [1.54, 1.807) is 6.26 Å². The number of benzene rings is 1. The molecule has 4 rings (SSSR count). The summed E-state index contributed by atoms with van der Waals surface area (Å²) in [5, 5.41) is 12.1. The average molecular weight is 380 g/mol. The Balaban J connectivity index is 1.64. The fourth-order valence-corrected chi connectivity index (χ4v) is 4.07. The maximum Gasteiger partial charge on any atom is 0.237 e. The van der Waals surface area contributed by atoms with Crippen LogP contribution in [0.25, 0.3) is 16.6 Å². The Bertz CT molecular complexity index is 1130. The van der Waals surface area contributed by atoms with Gasteiger partial charge in [-0.05, 0) is 31.9 Å². The number of nitrogens with zero attached hydrogens (tertiary/aromatic N) is 3. The number of thioether (sulfide) groups is 1. The summed E-state index contributed by atoms with van der Waals surface area (Å²) in [4.78, 5) is 12.8. The van der Waals surface area contributed by atoms with Gasteiger partial charge in [-0.15, -0.1) is 10.2 Å². The lowest BCUT2D eigenvalue weighted by Gasteiger charge is -2.16. The van der Waals surface area contributed by atoms with Crippen molar-refractivity contribution in [1.82, 2.24) is 14.6 Å². The molecule has 1 unspecified atom stereocenters. The second-order valence-electron chi connectivity index (χ2n) is 6.41. The molecule has 0 aliphatic heterocycles. The van der Waals surface area contributed by atoms with E-state index in [4.69, 9.17) is 4.42 Å². The van der Waals surface area contributed by atoms with Gasteiger partial charge in [-0.3, -0.25) is 9.20 Å². The fraction of sp³-hybridized carbons (Fsp3) is 0.250. The number of para-hydroxylation sites is 1. The van der Waals surface area contributed by atoms with Gasteiger partial charge in [-0.25, -0.2) is 0 Å². The lowest BCUT2D eigenvalue weighted by molar-refractivity contribution is -0.115. The number of aromatic nitrogens is 3. The van der Waals surface area contributed by atoms with E-state index >= 15 is 0 Å². The number of rotatable bonds is 5. The van der Waals surface area contributed by atoms with Crippen LogP contribution in [0.3, 0.4) is 0 Å². The minimum atomic E-state index is -0.272. The van der Waals surface area contributed by atoms with Gasteiger partial charge >= 0.3 is 0 Å². The molecule has 1 aromatic carbocycles. The lowest BCUT2D eigenvalue weighted by atomic mass is 10.2. The van der Waals surface area contributed by atoms with Crippen LogP contribution >= 0.6 is 11.8 Å². The predicted molar refractivity (Wildman–Crippen MR) is 107 cm³/mol. The smallest absolute Gasteiger partial charge is 0.237 e. The molecule has 0 saturated carbocycles. The maximum atomic E-state index is 12.8. The Labute approximate surface area is 161 Å². The Morgan fingerprint density at radius 1 is 1.22 bits per heavy atom. The predicted octanol–water partition coefficient (Wildman–Crippen LogP) is 4.60. The lowest BCUT2D eigenvalue weighted by Crippen LogP contribution is -2.25. The van der Waals surface area contributed by atoms with Crippen molar-refractivity contribution in [2.75, 3.05) is 5.32 Å². The Kier molecular flexibility index (Phi) is 4.61. The highest BCUT2D eigenvalue weighted by Gasteiger charge is 2.22. The monoisotopic (exact) mass is 380 g/mol. The molecule has 138 valence electrons. The van der Waals surface area contributed by atoms with Crippen LogP contribution in [0.4, 0.5) is 5.69 Å². The fourth-order valence-electron chi connectivity index (χ4n) is 3.11. The number of anilines is 1. The first-order valence-corrected chi connectivity index (χ1v) is 9.71. The third-order valence-electron chi connectivity index (χ3n) is 4.57. The summed E-state index contributed by atoms with van der Waals surface area (Å²) in [6, 6.07) is 11.6. The topological polar surface area (TPSA) is 72.4 Å². The summed E-state index contributed by atoms with van der Waals surface area (Å²) < 4.78 is 7.53. The summed E-state index contributed by atoms with van der Waals surface area (Å²) in [5.74, 6) is 0.746. The first-order valence-electron chi connectivity index (χ1n) is 8.83. The van der Waals surface area contributed by atoms with Crippen molar-refractivity contribution in [3.8, 4) is 0 Å². The molecule has 0 fully saturated rings. The van der Waals surface area contributed by atoms with Crippen LogP contribution in [0.15, 0.2) is 52.1 Å². The van der Waals surface area contributed by atoms with Gasteiger partial charge < -0.3 is 9.73 Å². The van der Waals surface area contributed by atoms with E-state index in [1.165, 1.54) is 11.8 Å². The molecular weight excluding hydrogens is 360 g/mol. The average Bonchev–Trinajstić information content (AvgIpc) is 3.24. The molecule has 1 atom stereocenters. The number of nitrogens with one attached hydrogen (secondary N) is 1. The number of fused-ring (bicyclic) bond motifs is 3. The first-order chi connectivity index (χ1) is 13.1. The second-order valence-corrected chi connectivity index (χ2v) is 7.60. The third kappa shape index (κ3) is 3.19. The molecule has 4 aromatic rings. The zero-order valence-electron chi connectivity index (χ0n) is 15.4. The molecule has 0 aliphatic rings. The Hall–Kier alpha value is -2.80. The highest BCUT2D eigenvalue weighted by atomic mass is 32.2. The van der Waals surface area contributed by atoms with Gasteiger partial charge in [0.15, 0.2) is 5.58 Å². The summed E-state index contributed by atoms with van der Waals surface area (Å²) in [6.45, 7) is 5.88. The van der Waals surface area contributed by atoms with Crippen LogP contribution in [0.1, 0.15) is 24.7 Å². The van der Waals surface area contributed by atoms with Crippen LogP contribution in [0.2, 0.25) is 0 Å². The number of carbonyl (C=O) groups is 1. The normalized spacial score (nSPS) is 12.6. The largest absolute Gasteiger partial charge is 0.463 e. The Morgan fingerprint density at radius 3 is 2.81 bits per heavy atom. The molecule has 1 amide bonds. The van der Waals surface area contributed by atoms with Gasteiger partial charge in [0.25, 0.3) is 0 Å². The van der Waals surface area contributed by atoms with Crippen molar-refractivity contribution in [2.45, 2.75) is 37.5 Å².